The van der Waals surface area contributed by atoms with Crippen LogP contribution in [0.2, 0.25) is 10.0 Å². The minimum absolute atomic E-state index is 0.000859. The Morgan fingerprint density at radius 3 is 2.81 bits per heavy atom. The van der Waals surface area contributed by atoms with Gasteiger partial charge >= 0.3 is 0 Å². The van der Waals surface area contributed by atoms with Crippen LogP contribution in [0, 0.1) is 0 Å². The molecule has 2 atom stereocenters. The van der Waals surface area contributed by atoms with E-state index in [4.69, 9.17) is 28.9 Å². The Bertz CT molecular complexity index is 851. The molecule has 1 aromatic carbocycles. The maximum absolute atomic E-state index is 15.6. The van der Waals surface area contributed by atoms with Gasteiger partial charge in [-0.2, -0.15) is 0 Å². The summed E-state index contributed by atoms with van der Waals surface area (Å²) in [5, 5.41) is 14.0. The minimum atomic E-state index is -2.30. The largest absolute Gasteiger partial charge is 0.382 e. The number of nitrogens with two attached hydrogens (primary N) is 1. The van der Waals surface area contributed by atoms with E-state index in [9.17, 15) is 9.90 Å². The van der Waals surface area contributed by atoms with E-state index in [0.717, 1.165) is 0 Å². The lowest BCUT2D eigenvalue weighted by molar-refractivity contribution is -0.137. The zero-order valence-corrected chi connectivity index (χ0v) is 15.3. The molecule has 1 aromatic heterocycles. The van der Waals surface area contributed by atoms with Crippen molar-refractivity contribution >= 4 is 29.1 Å². The topological polar surface area (TPSA) is 88.2 Å². The molecule has 0 radical (unpaired) electrons. The molecule has 2 aromatic rings. The van der Waals surface area contributed by atoms with Gasteiger partial charge in [-0.25, -0.2) is 4.39 Å². The Labute approximate surface area is 160 Å². The molecule has 1 aliphatic rings. The van der Waals surface area contributed by atoms with Gasteiger partial charge in [-0.1, -0.05) is 35.3 Å². The summed E-state index contributed by atoms with van der Waals surface area (Å²) in [6, 6.07) is 7.84. The van der Waals surface area contributed by atoms with Crippen LogP contribution in [0.15, 0.2) is 36.5 Å². The number of hydrogen-bond acceptors (Lipinski definition) is 4. The number of pyridine rings is 1. The molecular formula is C18H18Cl2FN3O2. The Morgan fingerprint density at radius 1 is 1.35 bits per heavy atom. The summed E-state index contributed by atoms with van der Waals surface area (Å²) in [5.74, 6) is -0.808. The SMILES string of the molecule is NC[C@@]1(O)CC[C@](F)(C(=O)NCc2ccc(Cl)cc2Cl)c2cccnc21. The predicted octanol–water partition coefficient (Wildman–Crippen LogP) is 2.81. The average Bonchev–Trinajstić information content (AvgIpc) is 2.64. The standard InChI is InChI=1S/C18H18Cl2FN3O2/c19-12-4-3-11(14(20)8-12)9-24-16(25)18(21)6-5-17(26,10-22)15-13(18)2-1-7-23-15/h1-4,7-8,26H,5-6,9-10,22H2,(H,24,25)/t17-,18+/m0/s1. The zero-order valence-electron chi connectivity index (χ0n) is 13.8. The predicted molar refractivity (Wildman–Crippen MR) is 97.5 cm³/mol. The van der Waals surface area contributed by atoms with Crippen molar-refractivity contribution in [3.8, 4) is 0 Å². The highest BCUT2D eigenvalue weighted by Crippen LogP contribution is 2.44. The third-order valence-corrected chi connectivity index (χ3v) is 5.30. The molecule has 138 valence electrons. The molecule has 1 amide bonds. The van der Waals surface area contributed by atoms with Gasteiger partial charge in [0.2, 0.25) is 5.67 Å². The molecule has 3 rings (SSSR count). The van der Waals surface area contributed by atoms with Crippen LogP contribution < -0.4 is 11.1 Å². The quantitative estimate of drug-likeness (QED) is 0.739. The number of nitrogens with zero attached hydrogens (tertiary/aromatic N) is 1. The monoisotopic (exact) mass is 397 g/mol. The third-order valence-electron chi connectivity index (χ3n) is 4.71. The van der Waals surface area contributed by atoms with Gasteiger partial charge in [-0.3, -0.25) is 9.78 Å². The molecule has 0 bridgehead atoms. The molecule has 1 aliphatic carbocycles. The number of nitrogens with one attached hydrogen (secondary N) is 1. The van der Waals surface area contributed by atoms with Gasteiger partial charge in [0, 0.05) is 34.9 Å². The fourth-order valence-electron chi connectivity index (χ4n) is 3.14. The number of aliphatic hydroxyl groups is 1. The molecule has 5 nitrogen and oxygen atoms in total. The first-order chi connectivity index (χ1) is 12.3. The van der Waals surface area contributed by atoms with Crippen LogP contribution in [-0.4, -0.2) is 22.5 Å². The van der Waals surface area contributed by atoms with Crippen molar-refractivity contribution in [3.05, 3.63) is 63.4 Å². The number of amides is 1. The Balaban J connectivity index is 1.85. The highest BCUT2D eigenvalue weighted by Gasteiger charge is 2.51. The first-order valence-corrected chi connectivity index (χ1v) is 8.85. The minimum Gasteiger partial charge on any atom is -0.382 e. The van der Waals surface area contributed by atoms with Gasteiger partial charge in [0.1, 0.15) is 5.60 Å². The zero-order chi connectivity index (χ0) is 18.9. The van der Waals surface area contributed by atoms with E-state index in [1.807, 2.05) is 0 Å². The van der Waals surface area contributed by atoms with Crippen LogP contribution in [0.4, 0.5) is 4.39 Å². The number of alkyl halides is 1. The highest BCUT2D eigenvalue weighted by atomic mass is 35.5. The van der Waals surface area contributed by atoms with E-state index in [1.165, 1.54) is 18.3 Å². The number of hydrogen-bond donors (Lipinski definition) is 3. The van der Waals surface area contributed by atoms with E-state index in [1.54, 1.807) is 18.2 Å². The van der Waals surface area contributed by atoms with Crippen molar-refractivity contribution < 1.29 is 14.3 Å². The van der Waals surface area contributed by atoms with Gasteiger partial charge < -0.3 is 16.2 Å². The second kappa shape index (κ2) is 7.12. The molecule has 0 saturated carbocycles. The molecule has 0 unspecified atom stereocenters. The molecular weight excluding hydrogens is 380 g/mol. The summed E-state index contributed by atoms with van der Waals surface area (Å²) in [6.45, 7) is -0.0493. The first-order valence-electron chi connectivity index (χ1n) is 8.10. The van der Waals surface area contributed by atoms with Crippen LogP contribution in [0.1, 0.15) is 29.7 Å². The van der Waals surface area contributed by atoms with Crippen LogP contribution in [-0.2, 0) is 22.6 Å². The van der Waals surface area contributed by atoms with E-state index in [2.05, 4.69) is 10.3 Å². The number of halogens is 3. The summed E-state index contributed by atoms with van der Waals surface area (Å²) in [4.78, 5) is 16.7. The Kier molecular flexibility index (Phi) is 5.21. The lowest BCUT2D eigenvalue weighted by Gasteiger charge is -2.39. The first kappa shape index (κ1) is 19.0. The number of rotatable bonds is 4. The highest BCUT2D eigenvalue weighted by molar-refractivity contribution is 6.35. The van der Waals surface area contributed by atoms with Crippen molar-refractivity contribution in [1.82, 2.24) is 10.3 Å². The summed E-state index contributed by atoms with van der Waals surface area (Å²) in [7, 11) is 0. The van der Waals surface area contributed by atoms with Crippen LogP contribution in [0.3, 0.4) is 0 Å². The van der Waals surface area contributed by atoms with Crippen molar-refractivity contribution in [2.45, 2.75) is 30.7 Å². The number of aromatic nitrogens is 1. The normalized spacial score (nSPS) is 24.8. The molecule has 4 N–H and O–H groups in total. The fraction of sp³-hybridized carbons (Fsp3) is 0.333. The van der Waals surface area contributed by atoms with Crippen molar-refractivity contribution in [1.29, 1.82) is 0 Å². The van der Waals surface area contributed by atoms with Gasteiger partial charge in [0.05, 0.1) is 5.69 Å². The second-order valence-corrected chi connectivity index (χ2v) is 7.20. The molecule has 0 fully saturated rings. The summed E-state index contributed by atoms with van der Waals surface area (Å²) in [5.41, 5.74) is 2.67. The van der Waals surface area contributed by atoms with Crippen molar-refractivity contribution in [2.75, 3.05) is 6.54 Å². The Morgan fingerprint density at radius 2 is 2.12 bits per heavy atom. The Hall–Kier alpha value is -1.73. The summed E-state index contributed by atoms with van der Waals surface area (Å²) < 4.78 is 15.6. The number of benzene rings is 1. The van der Waals surface area contributed by atoms with Gasteiger partial charge in [-0.15, -0.1) is 0 Å². The number of fused-ring (bicyclic) bond motifs is 1. The van der Waals surface area contributed by atoms with Crippen LogP contribution >= 0.6 is 23.2 Å². The molecule has 1 heterocycles. The van der Waals surface area contributed by atoms with Crippen LogP contribution in [0.5, 0.6) is 0 Å². The third kappa shape index (κ3) is 3.30. The van der Waals surface area contributed by atoms with Gasteiger partial charge in [0.25, 0.3) is 5.91 Å². The fourth-order valence-corrected chi connectivity index (χ4v) is 3.62. The molecule has 0 saturated heterocycles. The number of carbonyl (C=O) groups is 1. The summed E-state index contributed by atoms with van der Waals surface area (Å²) in [6.07, 6.45) is 1.25. The second-order valence-electron chi connectivity index (χ2n) is 6.35. The van der Waals surface area contributed by atoms with E-state index < -0.39 is 17.2 Å². The summed E-state index contributed by atoms with van der Waals surface area (Å²) >= 11 is 11.9. The van der Waals surface area contributed by atoms with E-state index in [0.29, 0.717) is 15.6 Å². The molecule has 0 aliphatic heterocycles. The van der Waals surface area contributed by atoms with E-state index >= 15 is 4.39 Å². The number of carbonyl (C=O) groups excluding carboxylic acids is 1. The lowest BCUT2D eigenvalue weighted by Crippen LogP contribution is -2.50. The van der Waals surface area contributed by atoms with Crippen molar-refractivity contribution in [2.24, 2.45) is 5.73 Å². The van der Waals surface area contributed by atoms with Gasteiger partial charge in [-0.05, 0) is 36.6 Å². The maximum Gasteiger partial charge on any atom is 0.262 e. The van der Waals surface area contributed by atoms with Gasteiger partial charge in [0.15, 0.2) is 0 Å². The average molecular weight is 398 g/mol. The van der Waals surface area contributed by atoms with Crippen LogP contribution in [0.25, 0.3) is 0 Å². The molecule has 26 heavy (non-hydrogen) atoms. The molecule has 0 spiro atoms. The maximum atomic E-state index is 15.6. The van der Waals surface area contributed by atoms with Crippen molar-refractivity contribution in [3.63, 3.8) is 0 Å². The van der Waals surface area contributed by atoms with E-state index in [-0.39, 0.29) is 37.2 Å². The lowest BCUT2D eigenvalue weighted by atomic mass is 9.74. The molecule has 8 heteroatoms. The smallest absolute Gasteiger partial charge is 0.262 e.